The molecule has 0 radical (unpaired) electrons. The Bertz CT molecular complexity index is 490. The van der Waals surface area contributed by atoms with Crippen LogP contribution in [0, 0.1) is 0 Å². The number of aliphatic hydroxyl groups is 1. The lowest BCUT2D eigenvalue weighted by Gasteiger charge is -2.26. The van der Waals surface area contributed by atoms with Gasteiger partial charge in [-0.05, 0) is 30.5 Å². The molecule has 0 aliphatic heterocycles. The number of nitrogens with one attached hydrogen (secondary N) is 1. The Morgan fingerprint density at radius 1 is 1.09 bits per heavy atom. The van der Waals surface area contributed by atoms with Gasteiger partial charge in [-0.1, -0.05) is 38.8 Å². The molecule has 122 valence electrons. The lowest BCUT2D eigenvalue weighted by atomic mass is 9.89. The molecule has 1 aromatic carbocycles. The molecular formula is C17H25NO4. The summed E-state index contributed by atoms with van der Waals surface area (Å²) in [6.07, 6.45) is 2.99. The Morgan fingerprint density at radius 2 is 1.64 bits per heavy atom. The maximum absolute atomic E-state index is 12.0. The summed E-state index contributed by atoms with van der Waals surface area (Å²) in [4.78, 5) is 22.8. The lowest BCUT2D eigenvalue weighted by molar-refractivity contribution is -0.126. The van der Waals surface area contributed by atoms with E-state index in [2.05, 4.69) is 5.32 Å². The zero-order valence-electron chi connectivity index (χ0n) is 13.3. The first-order valence-electron chi connectivity index (χ1n) is 7.71. The zero-order chi connectivity index (χ0) is 16.6. The summed E-state index contributed by atoms with van der Waals surface area (Å²) in [5, 5.41) is 22.0. The number of aromatic carboxylic acids is 1. The fourth-order valence-corrected chi connectivity index (χ4v) is 2.56. The van der Waals surface area contributed by atoms with Crippen molar-refractivity contribution in [1.29, 1.82) is 0 Å². The SMILES string of the molecule is CCCC(O)(CCC)CC(=O)NCc1ccc(C(=O)O)cc1. The number of benzene rings is 1. The Labute approximate surface area is 131 Å². The summed E-state index contributed by atoms with van der Waals surface area (Å²) in [5.41, 5.74) is 0.115. The normalized spacial score (nSPS) is 11.2. The number of carboxylic acid groups (broad SMARTS) is 1. The van der Waals surface area contributed by atoms with Gasteiger partial charge in [0, 0.05) is 6.54 Å². The van der Waals surface area contributed by atoms with Crippen molar-refractivity contribution < 1.29 is 19.8 Å². The lowest BCUT2D eigenvalue weighted by Crippen LogP contribution is -2.36. The van der Waals surface area contributed by atoms with Gasteiger partial charge in [0.1, 0.15) is 0 Å². The molecule has 0 spiro atoms. The van der Waals surface area contributed by atoms with Crippen molar-refractivity contribution in [1.82, 2.24) is 5.32 Å². The summed E-state index contributed by atoms with van der Waals surface area (Å²) in [5.74, 6) is -1.16. The molecule has 0 aromatic heterocycles. The van der Waals surface area contributed by atoms with E-state index in [1.165, 1.54) is 12.1 Å². The number of rotatable bonds is 9. The molecule has 0 fully saturated rings. The Morgan fingerprint density at radius 3 is 2.09 bits per heavy atom. The molecule has 0 unspecified atom stereocenters. The van der Waals surface area contributed by atoms with Gasteiger partial charge in [0.25, 0.3) is 0 Å². The van der Waals surface area contributed by atoms with Crippen molar-refractivity contribution in [3.05, 3.63) is 35.4 Å². The van der Waals surface area contributed by atoms with Crippen LogP contribution in [0.2, 0.25) is 0 Å². The van der Waals surface area contributed by atoms with Gasteiger partial charge in [-0.25, -0.2) is 4.79 Å². The number of carbonyl (C=O) groups is 2. The second-order valence-electron chi connectivity index (χ2n) is 5.68. The first kappa shape index (κ1) is 18.2. The molecule has 0 saturated heterocycles. The van der Waals surface area contributed by atoms with Crippen LogP contribution in [-0.2, 0) is 11.3 Å². The third-order valence-corrected chi connectivity index (χ3v) is 3.61. The molecule has 5 nitrogen and oxygen atoms in total. The fraction of sp³-hybridized carbons (Fsp3) is 0.529. The third-order valence-electron chi connectivity index (χ3n) is 3.61. The smallest absolute Gasteiger partial charge is 0.335 e. The molecule has 22 heavy (non-hydrogen) atoms. The van der Waals surface area contributed by atoms with Crippen LogP contribution in [0.4, 0.5) is 0 Å². The van der Waals surface area contributed by atoms with E-state index in [9.17, 15) is 14.7 Å². The van der Waals surface area contributed by atoms with E-state index in [0.717, 1.165) is 18.4 Å². The molecule has 5 heteroatoms. The number of hydrogen-bond donors (Lipinski definition) is 3. The second kappa shape index (κ2) is 8.54. The minimum absolute atomic E-state index is 0.0991. The molecule has 1 rings (SSSR count). The van der Waals surface area contributed by atoms with Crippen LogP contribution >= 0.6 is 0 Å². The predicted molar refractivity (Wildman–Crippen MR) is 84.6 cm³/mol. The highest BCUT2D eigenvalue weighted by Crippen LogP contribution is 2.23. The Balaban J connectivity index is 2.52. The van der Waals surface area contributed by atoms with Gasteiger partial charge in [0.2, 0.25) is 5.91 Å². The average Bonchev–Trinajstić information content (AvgIpc) is 2.45. The maximum Gasteiger partial charge on any atom is 0.335 e. The molecular weight excluding hydrogens is 282 g/mol. The van der Waals surface area contributed by atoms with E-state index in [4.69, 9.17) is 5.11 Å². The largest absolute Gasteiger partial charge is 0.478 e. The highest BCUT2D eigenvalue weighted by Gasteiger charge is 2.27. The molecule has 0 bridgehead atoms. The summed E-state index contributed by atoms with van der Waals surface area (Å²) < 4.78 is 0. The van der Waals surface area contributed by atoms with Crippen LogP contribution in [0.15, 0.2) is 24.3 Å². The zero-order valence-corrected chi connectivity index (χ0v) is 13.3. The van der Waals surface area contributed by atoms with Crippen molar-refractivity contribution in [2.45, 2.75) is 58.1 Å². The van der Waals surface area contributed by atoms with E-state index >= 15 is 0 Å². The third kappa shape index (κ3) is 5.85. The van der Waals surface area contributed by atoms with Crippen LogP contribution in [0.25, 0.3) is 0 Å². The summed E-state index contributed by atoms with van der Waals surface area (Å²) in [6, 6.07) is 6.37. The van der Waals surface area contributed by atoms with Gasteiger partial charge < -0.3 is 15.5 Å². The van der Waals surface area contributed by atoms with Crippen molar-refractivity contribution in [2.24, 2.45) is 0 Å². The molecule has 3 N–H and O–H groups in total. The van der Waals surface area contributed by atoms with Gasteiger partial charge in [-0.3, -0.25) is 4.79 Å². The number of carbonyl (C=O) groups excluding carboxylic acids is 1. The summed E-state index contributed by atoms with van der Waals surface area (Å²) >= 11 is 0. The van der Waals surface area contributed by atoms with E-state index in [1.807, 2.05) is 13.8 Å². The average molecular weight is 307 g/mol. The first-order valence-corrected chi connectivity index (χ1v) is 7.71. The Hall–Kier alpha value is -1.88. The van der Waals surface area contributed by atoms with Crippen molar-refractivity contribution in [3.63, 3.8) is 0 Å². The summed E-state index contributed by atoms with van der Waals surface area (Å²) in [7, 11) is 0. The highest BCUT2D eigenvalue weighted by atomic mass is 16.4. The van der Waals surface area contributed by atoms with Crippen LogP contribution in [0.1, 0.15) is 61.9 Å². The summed E-state index contributed by atoms with van der Waals surface area (Å²) in [6.45, 7) is 4.30. The van der Waals surface area contributed by atoms with Crippen LogP contribution in [-0.4, -0.2) is 27.7 Å². The van der Waals surface area contributed by atoms with E-state index in [-0.39, 0.29) is 17.9 Å². The number of amides is 1. The van der Waals surface area contributed by atoms with E-state index in [1.54, 1.807) is 12.1 Å². The molecule has 1 aromatic rings. The predicted octanol–water partition coefficient (Wildman–Crippen LogP) is 2.72. The van der Waals surface area contributed by atoms with Crippen LogP contribution in [0.5, 0.6) is 0 Å². The molecule has 0 aliphatic rings. The van der Waals surface area contributed by atoms with Gasteiger partial charge in [0.15, 0.2) is 0 Å². The van der Waals surface area contributed by atoms with Crippen molar-refractivity contribution >= 4 is 11.9 Å². The van der Waals surface area contributed by atoms with Crippen LogP contribution < -0.4 is 5.32 Å². The second-order valence-corrected chi connectivity index (χ2v) is 5.68. The molecule has 0 heterocycles. The van der Waals surface area contributed by atoms with Crippen molar-refractivity contribution in [3.8, 4) is 0 Å². The molecule has 0 aliphatic carbocycles. The van der Waals surface area contributed by atoms with Gasteiger partial charge >= 0.3 is 5.97 Å². The number of carboxylic acids is 1. The quantitative estimate of drug-likeness (QED) is 0.654. The maximum atomic E-state index is 12.0. The molecule has 0 atom stereocenters. The van der Waals surface area contributed by atoms with Crippen LogP contribution in [0.3, 0.4) is 0 Å². The molecule has 0 saturated carbocycles. The molecule has 1 amide bonds. The van der Waals surface area contributed by atoms with E-state index in [0.29, 0.717) is 19.4 Å². The van der Waals surface area contributed by atoms with Gasteiger partial charge in [-0.2, -0.15) is 0 Å². The minimum atomic E-state index is -0.972. The minimum Gasteiger partial charge on any atom is -0.478 e. The first-order chi connectivity index (χ1) is 10.4. The van der Waals surface area contributed by atoms with Crippen molar-refractivity contribution in [2.75, 3.05) is 0 Å². The fourth-order valence-electron chi connectivity index (χ4n) is 2.56. The van der Waals surface area contributed by atoms with E-state index < -0.39 is 11.6 Å². The van der Waals surface area contributed by atoms with Gasteiger partial charge in [-0.15, -0.1) is 0 Å². The standard InChI is InChI=1S/C17H25NO4/c1-3-9-17(22,10-4-2)11-15(19)18-12-13-5-7-14(8-6-13)16(20)21/h5-8,22H,3-4,9-12H2,1-2H3,(H,18,19)(H,20,21). The highest BCUT2D eigenvalue weighted by molar-refractivity contribution is 5.87. The van der Waals surface area contributed by atoms with Gasteiger partial charge in [0.05, 0.1) is 17.6 Å². The topological polar surface area (TPSA) is 86.6 Å². The monoisotopic (exact) mass is 307 g/mol. The number of hydrogen-bond acceptors (Lipinski definition) is 3. The Kier molecular flexibility index (Phi) is 7.05.